The molecule has 1 fully saturated rings. The molecule has 1 amide bonds. The van der Waals surface area contributed by atoms with Crippen LogP contribution < -0.4 is 14.4 Å². The van der Waals surface area contributed by atoms with Gasteiger partial charge in [0.05, 0.1) is 35.5 Å². The number of nitrogens with zero attached hydrogens (tertiary/aromatic N) is 2. The minimum atomic E-state index is -0.961. The molecule has 1 saturated heterocycles. The van der Waals surface area contributed by atoms with E-state index in [9.17, 15) is 19.1 Å². The van der Waals surface area contributed by atoms with E-state index in [0.29, 0.717) is 39.4 Å². The van der Waals surface area contributed by atoms with Gasteiger partial charge in [-0.2, -0.15) is 0 Å². The lowest BCUT2D eigenvalue weighted by Gasteiger charge is -2.23. The lowest BCUT2D eigenvalue weighted by Crippen LogP contribution is -2.29. The van der Waals surface area contributed by atoms with Crippen LogP contribution in [-0.2, 0) is 9.59 Å². The molecule has 2 heterocycles. The van der Waals surface area contributed by atoms with Crippen molar-refractivity contribution in [1.82, 2.24) is 4.98 Å². The summed E-state index contributed by atoms with van der Waals surface area (Å²) in [6.07, 6.45) is 0.848. The number of benzene rings is 3. The number of halogens is 1. The molecule has 0 saturated carbocycles. The van der Waals surface area contributed by atoms with E-state index >= 15 is 0 Å². The Labute approximate surface area is 216 Å². The average Bonchev–Trinajstić information content (AvgIpc) is 3.44. The Hall–Kier alpha value is -4.24. The summed E-state index contributed by atoms with van der Waals surface area (Å²) in [5.41, 5.74) is 1.33. The first kappa shape index (κ1) is 24.5. The molecule has 1 N–H and O–H groups in total. The second-order valence-electron chi connectivity index (χ2n) is 8.43. The normalized spacial score (nSPS) is 16.9. The Morgan fingerprint density at radius 1 is 1.08 bits per heavy atom. The van der Waals surface area contributed by atoms with Crippen molar-refractivity contribution in [3.05, 3.63) is 89.2 Å². The van der Waals surface area contributed by atoms with Crippen LogP contribution in [0.25, 0.3) is 16.0 Å². The van der Waals surface area contributed by atoms with Gasteiger partial charge in [0.1, 0.15) is 23.1 Å². The predicted octanol–water partition coefficient (Wildman–Crippen LogP) is 5.86. The molecule has 4 aromatic rings. The van der Waals surface area contributed by atoms with E-state index in [1.165, 1.54) is 30.2 Å². The van der Waals surface area contributed by atoms with Crippen LogP contribution >= 0.6 is 11.3 Å². The Morgan fingerprint density at radius 3 is 2.59 bits per heavy atom. The Bertz CT molecular complexity index is 1530. The van der Waals surface area contributed by atoms with Crippen molar-refractivity contribution in [3.63, 3.8) is 0 Å². The number of methoxy groups -OCH3 is 1. The molecule has 3 aromatic carbocycles. The van der Waals surface area contributed by atoms with Crippen LogP contribution in [0.2, 0.25) is 0 Å². The third-order valence-electron chi connectivity index (χ3n) is 6.00. The van der Waals surface area contributed by atoms with Gasteiger partial charge in [0.15, 0.2) is 5.13 Å². The number of anilines is 1. The van der Waals surface area contributed by atoms with E-state index < -0.39 is 23.5 Å². The van der Waals surface area contributed by atoms with E-state index in [1.54, 1.807) is 48.5 Å². The van der Waals surface area contributed by atoms with Crippen LogP contribution in [0, 0.1) is 5.82 Å². The lowest BCUT2D eigenvalue weighted by atomic mass is 9.95. The zero-order valence-electron chi connectivity index (χ0n) is 20.1. The molecule has 0 bridgehead atoms. The summed E-state index contributed by atoms with van der Waals surface area (Å²) in [4.78, 5) is 32.5. The number of aliphatic hydroxyl groups excluding tert-OH is 1. The average molecular weight is 519 g/mol. The van der Waals surface area contributed by atoms with Gasteiger partial charge in [0.25, 0.3) is 5.78 Å². The van der Waals surface area contributed by atoms with E-state index in [-0.39, 0.29) is 16.5 Å². The number of ketones is 1. The second kappa shape index (κ2) is 10.0. The second-order valence-corrected chi connectivity index (χ2v) is 9.44. The summed E-state index contributed by atoms with van der Waals surface area (Å²) in [5.74, 6) is -1.31. The zero-order chi connectivity index (χ0) is 26.1. The monoisotopic (exact) mass is 518 g/mol. The molecule has 1 atom stereocenters. The summed E-state index contributed by atoms with van der Waals surface area (Å²) in [6.45, 7) is 2.56. The zero-order valence-corrected chi connectivity index (χ0v) is 20.9. The number of fused-ring (bicyclic) bond motifs is 1. The van der Waals surface area contributed by atoms with Crippen molar-refractivity contribution in [3.8, 4) is 11.5 Å². The summed E-state index contributed by atoms with van der Waals surface area (Å²) in [6, 6.07) is 16.8. The first-order valence-corrected chi connectivity index (χ1v) is 12.5. The molecule has 0 aliphatic carbocycles. The third kappa shape index (κ3) is 4.53. The van der Waals surface area contributed by atoms with E-state index in [1.807, 2.05) is 6.92 Å². The molecule has 7 nitrogen and oxygen atoms in total. The molecule has 9 heteroatoms. The van der Waals surface area contributed by atoms with Crippen molar-refractivity contribution in [1.29, 1.82) is 0 Å². The fraction of sp³-hybridized carbons (Fsp3) is 0.179. The molecule has 0 radical (unpaired) electrons. The fourth-order valence-electron chi connectivity index (χ4n) is 4.23. The van der Waals surface area contributed by atoms with E-state index in [2.05, 4.69) is 4.98 Å². The van der Waals surface area contributed by atoms with Crippen LogP contribution in [0.4, 0.5) is 9.52 Å². The number of aliphatic hydroxyl groups is 1. The Kier molecular flexibility index (Phi) is 6.62. The highest BCUT2D eigenvalue weighted by Crippen LogP contribution is 2.44. The predicted molar refractivity (Wildman–Crippen MR) is 140 cm³/mol. The molecule has 1 unspecified atom stereocenters. The van der Waals surface area contributed by atoms with Gasteiger partial charge < -0.3 is 14.6 Å². The topological polar surface area (TPSA) is 89.0 Å². The van der Waals surface area contributed by atoms with Crippen molar-refractivity contribution in [2.45, 2.75) is 19.4 Å². The first-order chi connectivity index (χ1) is 17.9. The number of carbonyl (C=O) groups is 2. The summed E-state index contributed by atoms with van der Waals surface area (Å²) in [7, 11) is 1.50. The number of thiazole rings is 1. The standard InChI is InChI=1S/C28H23FN2O5S/c1-3-13-36-19-10-7-16(8-11-19)24-23(25(32)17-5-4-6-20(14-17)35-2)26(33)27(34)31(24)28-30-21-12-9-18(29)15-22(21)37-28/h4-12,14-15,24,32H,3,13H2,1-2H3. The van der Waals surface area contributed by atoms with Gasteiger partial charge in [-0.25, -0.2) is 9.37 Å². The maximum atomic E-state index is 13.8. The summed E-state index contributed by atoms with van der Waals surface area (Å²) < 4.78 is 25.3. The highest BCUT2D eigenvalue weighted by atomic mass is 32.1. The van der Waals surface area contributed by atoms with Crippen molar-refractivity contribution in [2.24, 2.45) is 0 Å². The number of ether oxygens (including phenoxy) is 2. The quantitative estimate of drug-likeness (QED) is 0.187. The van der Waals surface area contributed by atoms with Crippen molar-refractivity contribution in [2.75, 3.05) is 18.6 Å². The van der Waals surface area contributed by atoms with Crippen molar-refractivity contribution < 1.29 is 28.6 Å². The maximum absolute atomic E-state index is 13.8. The van der Waals surface area contributed by atoms with E-state index in [4.69, 9.17) is 9.47 Å². The van der Waals surface area contributed by atoms with Crippen molar-refractivity contribution >= 4 is 44.1 Å². The Balaban J connectivity index is 1.68. The smallest absolute Gasteiger partial charge is 0.301 e. The summed E-state index contributed by atoms with van der Waals surface area (Å²) in [5, 5.41) is 11.5. The molecular weight excluding hydrogens is 495 g/mol. The minimum Gasteiger partial charge on any atom is -0.507 e. The van der Waals surface area contributed by atoms with E-state index in [0.717, 1.165) is 17.8 Å². The van der Waals surface area contributed by atoms with Crippen LogP contribution in [0.5, 0.6) is 11.5 Å². The number of carbonyl (C=O) groups excluding carboxylic acids is 2. The molecule has 5 rings (SSSR count). The SMILES string of the molecule is CCCOc1ccc(C2C(=C(O)c3cccc(OC)c3)C(=O)C(=O)N2c2nc3ccc(F)cc3s2)cc1. The molecule has 1 aliphatic rings. The van der Waals surface area contributed by atoms with Gasteiger partial charge in [-0.05, 0) is 54.4 Å². The summed E-state index contributed by atoms with van der Waals surface area (Å²) >= 11 is 1.10. The minimum absolute atomic E-state index is 0.0779. The highest BCUT2D eigenvalue weighted by Gasteiger charge is 2.48. The molecule has 188 valence electrons. The number of hydrogen-bond acceptors (Lipinski definition) is 7. The van der Waals surface area contributed by atoms with Gasteiger partial charge in [-0.1, -0.05) is 42.5 Å². The Morgan fingerprint density at radius 2 is 1.86 bits per heavy atom. The number of rotatable bonds is 7. The van der Waals surface area contributed by atoms with Crippen LogP contribution in [-0.4, -0.2) is 35.5 Å². The third-order valence-corrected chi connectivity index (χ3v) is 7.02. The molecule has 1 aliphatic heterocycles. The number of amides is 1. The lowest BCUT2D eigenvalue weighted by molar-refractivity contribution is -0.132. The van der Waals surface area contributed by atoms with Crippen LogP contribution in [0.1, 0.15) is 30.5 Å². The van der Waals surface area contributed by atoms with Crippen LogP contribution in [0.15, 0.2) is 72.3 Å². The largest absolute Gasteiger partial charge is 0.507 e. The van der Waals surface area contributed by atoms with Gasteiger partial charge >= 0.3 is 5.91 Å². The highest BCUT2D eigenvalue weighted by molar-refractivity contribution is 7.22. The molecule has 37 heavy (non-hydrogen) atoms. The number of Topliss-reactive ketones (excluding diaryl/α,β-unsaturated/α-hetero) is 1. The maximum Gasteiger partial charge on any atom is 0.301 e. The fourth-order valence-corrected chi connectivity index (χ4v) is 5.24. The molecule has 0 spiro atoms. The van der Waals surface area contributed by atoms with Gasteiger partial charge in [0, 0.05) is 5.56 Å². The van der Waals surface area contributed by atoms with Gasteiger partial charge in [-0.15, -0.1) is 0 Å². The number of hydrogen-bond donors (Lipinski definition) is 1. The molecule has 1 aromatic heterocycles. The van der Waals surface area contributed by atoms with Gasteiger partial charge in [0.2, 0.25) is 0 Å². The van der Waals surface area contributed by atoms with Crippen LogP contribution in [0.3, 0.4) is 0 Å². The first-order valence-electron chi connectivity index (χ1n) is 11.7. The van der Waals surface area contributed by atoms with Gasteiger partial charge in [-0.3, -0.25) is 14.5 Å². The number of aromatic nitrogens is 1. The molecular formula is C28H23FN2O5S.